The van der Waals surface area contributed by atoms with Crippen molar-refractivity contribution in [2.45, 2.75) is 39.8 Å². The third kappa shape index (κ3) is 5.21. The molecule has 1 N–H and O–H groups in total. The molecule has 1 aromatic carbocycles. The molecule has 0 amide bonds. The third-order valence-electron chi connectivity index (χ3n) is 3.60. The number of benzene rings is 1. The molecule has 1 unspecified atom stereocenters. The molecule has 19 heavy (non-hydrogen) atoms. The number of nitrogens with zero attached hydrogens (tertiary/aromatic N) is 1. The smallest absolute Gasteiger partial charge is 0.123 e. The lowest BCUT2D eigenvalue weighted by atomic mass is 10.2. The maximum absolute atomic E-state index is 5.94. The average molecular weight is 264 g/mol. The second kappa shape index (κ2) is 8.94. The number of likely N-dealkylation sites (N-methyl/N-ethyl adjacent to an activating group) is 1. The van der Waals surface area contributed by atoms with Gasteiger partial charge in [-0.05, 0) is 33.0 Å². The van der Waals surface area contributed by atoms with Crippen molar-refractivity contribution in [2.75, 3.05) is 26.7 Å². The van der Waals surface area contributed by atoms with Gasteiger partial charge in [0.05, 0.1) is 0 Å². The van der Waals surface area contributed by atoms with Crippen LogP contribution in [0.1, 0.15) is 32.8 Å². The highest BCUT2D eigenvalue weighted by Crippen LogP contribution is 2.17. The van der Waals surface area contributed by atoms with Crippen LogP contribution in [-0.4, -0.2) is 37.7 Å². The van der Waals surface area contributed by atoms with Crippen molar-refractivity contribution >= 4 is 0 Å². The Balaban J connectivity index is 2.48. The molecular weight excluding hydrogens is 236 g/mol. The molecule has 108 valence electrons. The number of hydrogen-bond acceptors (Lipinski definition) is 3. The first-order valence-electron chi connectivity index (χ1n) is 7.32. The van der Waals surface area contributed by atoms with Gasteiger partial charge >= 0.3 is 0 Å². The summed E-state index contributed by atoms with van der Waals surface area (Å²) in [4.78, 5) is 2.46. The van der Waals surface area contributed by atoms with Gasteiger partial charge in [0, 0.05) is 24.7 Å². The molecule has 0 saturated carbocycles. The van der Waals surface area contributed by atoms with Crippen molar-refractivity contribution in [3.63, 3.8) is 0 Å². The molecule has 0 fully saturated rings. The van der Waals surface area contributed by atoms with Crippen LogP contribution in [0.25, 0.3) is 0 Å². The number of para-hydroxylation sites is 1. The molecule has 1 rings (SSSR count). The molecular formula is C16H28N2O. The molecule has 0 spiro atoms. The molecule has 0 radical (unpaired) electrons. The van der Waals surface area contributed by atoms with E-state index in [9.17, 15) is 0 Å². The summed E-state index contributed by atoms with van der Waals surface area (Å²) in [6.45, 7) is 10.4. The SMILES string of the molecule is CCC(C)N(CC)CCOc1ccccc1CNC. The Morgan fingerprint density at radius 3 is 2.63 bits per heavy atom. The van der Waals surface area contributed by atoms with Gasteiger partial charge < -0.3 is 10.1 Å². The predicted octanol–water partition coefficient (Wildman–Crippen LogP) is 2.91. The lowest BCUT2D eigenvalue weighted by Gasteiger charge is -2.26. The van der Waals surface area contributed by atoms with Gasteiger partial charge in [0.25, 0.3) is 0 Å². The van der Waals surface area contributed by atoms with Crippen molar-refractivity contribution in [3.8, 4) is 5.75 Å². The first-order valence-corrected chi connectivity index (χ1v) is 7.32. The molecule has 0 aliphatic carbocycles. The Morgan fingerprint density at radius 2 is 2.00 bits per heavy atom. The van der Waals surface area contributed by atoms with E-state index in [0.29, 0.717) is 6.04 Å². The van der Waals surface area contributed by atoms with Gasteiger partial charge in [-0.1, -0.05) is 32.0 Å². The standard InChI is InChI=1S/C16H28N2O/c1-5-14(3)18(6-2)11-12-19-16-10-8-7-9-15(16)13-17-4/h7-10,14,17H,5-6,11-13H2,1-4H3. The van der Waals surface area contributed by atoms with E-state index >= 15 is 0 Å². The lowest BCUT2D eigenvalue weighted by Crippen LogP contribution is -2.35. The zero-order valence-electron chi connectivity index (χ0n) is 12.8. The molecule has 0 aromatic heterocycles. The van der Waals surface area contributed by atoms with Gasteiger partial charge in [-0.3, -0.25) is 4.90 Å². The van der Waals surface area contributed by atoms with Gasteiger partial charge in [-0.2, -0.15) is 0 Å². The van der Waals surface area contributed by atoms with E-state index < -0.39 is 0 Å². The second-order valence-electron chi connectivity index (χ2n) is 4.87. The minimum Gasteiger partial charge on any atom is -0.492 e. The van der Waals surface area contributed by atoms with Crippen LogP contribution in [0.4, 0.5) is 0 Å². The average Bonchev–Trinajstić information content (AvgIpc) is 2.45. The summed E-state index contributed by atoms with van der Waals surface area (Å²) in [6.07, 6.45) is 1.18. The van der Waals surface area contributed by atoms with Gasteiger partial charge in [0.1, 0.15) is 12.4 Å². The van der Waals surface area contributed by atoms with E-state index in [-0.39, 0.29) is 0 Å². The van der Waals surface area contributed by atoms with Crippen LogP contribution in [-0.2, 0) is 6.54 Å². The van der Waals surface area contributed by atoms with Crippen LogP contribution in [0.3, 0.4) is 0 Å². The topological polar surface area (TPSA) is 24.5 Å². The Hall–Kier alpha value is -1.06. The Bertz CT molecular complexity index is 354. The summed E-state index contributed by atoms with van der Waals surface area (Å²) in [6, 6.07) is 8.86. The van der Waals surface area contributed by atoms with Crippen LogP contribution in [0, 0.1) is 0 Å². The second-order valence-corrected chi connectivity index (χ2v) is 4.87. The number of hydrogen-bond donors (Lipinski definition) is 1. The molecule has 0 saturated heterocycles. The van der Waals surface area contributed by atoms with E-state index in [0.717, 1.165) is 32.0 Å². The Morgan fingerprint density at radius 1 is 1.26 bits per heavy atom. The quantitative estimate of drug-likeness (QED) is 0.742. The Kier molecular flexibility index (Phi) is 7.53. The highest BCUT2D eigenvalue weighted by molar-refractivity contribution is 5.33. The molecule has 3 nitrogen and oxygen atoms in total. The van der Waals surface area contributed by atoms with Crippen molar-refractivity contribution in [1.29, 1.82) is 0 Å². The van der Waals surface area contributed by atoms with Gasteiger partial charge in [-0.25, -0.2) is 0 Å². The highest BCUT2D eigenvalue weighted by Gasteiger charge is 2.10. The van der Waals surface area contributed by atoms with Crippen molar-refractivity contribution in [2.24, 2.45) is 0 Å². The third-order valence-corrected chi connectivity index (χ3v) is 3.60. The zero-order valence-corrected chi connectivity index (χ0v) is 12.8. The molecule has 0 heterocycles. The molecule has 0 bridgehead atoms. The summed E-state index contributed by atoms with van der Waals surface area (Å²) in [7, 11) is 1.96. The molecule has 1 atom stereocenters. The fraction of sp³-hybridized carbons (Fsp3) is 0.625. The maximum atomic E-state index is 5.94. The van der Waals surface area contributed by atoms with E-state index in [1.54, 1.807) is 0 Å². The van der Waals surface area contributed by atoms with Crippen molar-refractivity contribution in [3.05, 3.63) is 29.8 Å². The van der Waals surface area contributed by atoms with E-state index in [2.05, 4.69) is 43.1 Å². The minimum absolute atomic E-state index is 0.626. The Labute approximate surface area is 118 Å². The molecule has 1 aromatic rings. The molecule has 3 heteroatoms. The number of nitrogens with one attached hydrogen (secondary N) is 1. The first kappa shape index (κ1) is 16.0. The van der Waals surface area contributed by atoms with Crippen LogP contribution in [0.15, 0.2) is 24.3 Å². The maximum Gasteiger partial charge on any atom is 0.123 e. The lowest BCUT2D eigenvalue weighted by molar-refractivity contribution is 0.171. The van der Waals surface area contributed by atoms with E-state index in [4.69, 9.17) is 4.74 Å². The minimum atomic E-state index is 0.626. The summed E-state index contributed by atoms with van der Waals surface area (Å²) in [5.74, 6) is 0.997. The predicted molar refractivity (Wildman–Crippen MR) is 81.7 cm³/mol. The highest BCUT2D eigenvalue weighted by atomic mass is 16.5. The van der Waals surface area contributed by atoms with Gasteiger partial charge in [0.2, 0.25) is 0 Å². The fourth-order valence-corrected chi connectivity index (χ4v) is 2.20. The van der Waals surface area contributed by atoms with Crippen LogP contribution < -0.4 is 10.1 Å². The fourth-order valence-electron chi connectivity index (χ4n) is 2.20. The van der Waals surface area contributed by atoms with Crippen molar-refractivity contribution in [1.82, 2.24) is 10.2 Å². The first-order chi connectivity index (χ1) is 9.22. The van der Waals surface area contributed by atoms with Crippen LogP contribution in [0.5, 0.6) is 5.75 Å². The summed E-state index contributed by atoms with van der Waals surface area (Å²) < 4.78 is 5.94. The summed E-state index contributed by atoms with van der Waals surface area (Å²) in [5, 5.41) is 3.17. The zero-order chi connectivity index (χ0) is 14.1. The molecule has 0 aliphatic heterocycles. The van der Waals surface area contributed by atoms with Gasteiger partial charge in [-0.15, -0.1) is 0 Å². The van der Waals surface area contributed by atoms with E-state index in [1.165, 1.54) is 12.0 Å². The normalized spacial score (nSPS) is 12.7. The van der Waals surface area contributed by atoms with E-state index in [1.807, 2.05) is 19.2 Å². The van der Waals surface area contributed by atoms with Crippen LogP contribution >= 0.6 is 0 Å². The monoisotopic (exact) mass is 264 g/mol. The summed E-state index contributed by atoms with van der Waals surface area (Å²) in [5.41, 5.74) is 1.22. The molecule has 0 aliphatic rings. The number of rotatable bonds is 9. The number of ether oxygens (including phenoxy) is 1. The van der Waals surface area contributed by atoms with Crippen LogP contribution in [0.2, 0.25) is 0 Å². The van der Waals surface area contributed by atoms with Gasteiger partial charge in [0.15, 0.2) is 0 Å². The largest absolute Gasteiger partial charge is 0.492 e. The summed E-state index contributed by atoms with van der Waals surface area (Å²) >= 11 is 0. The van der Waals surface area contributed by atoms with Crippen molar-refractivity contribution < 1.29 is 4.74 Å².